The van der Waals surface area contributed by atoms with Crippen LogP contribution in [0, 0.1) is 0 Å². The Morgan fingerprint density at radius 1 is 1.47 bits per heavy atom. The number of hydrogen-bond acceptors (Lipinski definition) is 2. The predicted molar refractivity (Wildman–Crippen MR) is 58.3 cm³/mol. The molecular weight excluding hydrogens is 216 g/mol. The number of aliphatic carboxylic acids is 1. The lowest BCUT2D eigenvalue weighted by Crippen LogP contribution is -1.96. The van der Waals surface area contributed by atoms with Crippen molar-refractivity contribution in [3.8, 4) is 5.75 Å². The van der Waals surface area contributed by atoms with E-state index in [0.29, 0.717) is 23.8 Å². The molecule has 1 aromatic rings. The van der Waals surface area contributed by atoms with Gasteiger partial charge in [-0.15, -0.1) is 0 Å². The number of ether oxygens (including phenoxy) is 1. The second-order valence-electron chi connectivity index (χ2n) is 2.81. The van der Waals surface area contributed by atoms with Crippen LogP contribution in [0.2, 0.25) is 5.02 Å². The van der Waals surface area contributed by atoms with Crippen molar-refractivity contribution in [2.75, 3.05) is 6.61 Å². The van der Waals surface area contributed by atoms with Gasteiger partial charge >= 0.3 is 5.97 Å². The summed E-state index contributed by atoms with van der Waals surface area (Å²) in [5.41, 5.74) is 0. The van der Waals surface area contributed by atoms with Gasteiger partial charge in [-0.25, -0.2) is 4.79 Å². The van der Waals surface area contributed by atoms with Gasteiger partial charge in [0.15, 0.2) is 0 Å². The molecule has 0 spiro atoms. The van der Waals surface area contributed by atoms with E-state index in [4.69, 9.17) is 21.4 Å². The number of para-hydroxylation sites is 1. The van der Waals surface area contributed by atoms with Crippen LogP contribution in [0.25, 0.3) is 0 Å². The van der Waals surface area contributed by atoms with Crippen LogP contribution in [0.5, 0.6) is 5.75 Å². The van der Waals surface area contributed by atoms with Crippen LogP contribution in [0.15, 0.2) is 36.4 Å². The summed E-state index contributed by atoms with van der Waals surface area (Å²) in [5.74, 6) is -0.337. The largest absolute Gasteiger partial charge is 0.492 e. The average molecular weight is 227 g/mol. The SMILES string of the molecule is O=C(O)/C=C/CCOc1ccccc1Cl. The zero-order valence-electron chi connectivity index (χ0n) is 8.02. The first-order valence-electron chi connectivity index (χ1n) is 4.47. The fourth-order valence-corrected chi connectivity index (χ4v) is 1.17. The zero-order valence-corrected chi connectivity index (χ0v) is 8.78. The number of hydrogen-bond donors (Lipinski definition) is 1. The minimum atomic E-state index is -0.951. The van der Waals surface area contributed by atoms with Crippen LogP contribution in [-0.4, -0.2) is 17.7 Å². The van der Waals surface area contributed by atoms with E-state index in [-0.39, 0.29) is 0 Å². The van der Waals surface area contributed by atoms with Crippen LogP contribution in [0.1, 0.15) is 6.42 Å². The summed E-state index contributed by atoms with van der Waals surface area (Å²) in [4.78, 5) is 10.1. The van der Waals surface area contributed by atoms with E-state index < -0.39 is 5.97 Å². The Hall–Kier alpha value is -1.48. The van der Waals surface area contributed by atoms with Gasteiger partial charge in [0.05, 0.1) is 11.6 Å². The summed E-state index contributed by atoms with van der Waals surface area (Å²) in [6, 6.07) is 7.15. The quantitative estimate of drug-likeness (QED) is 0.620. The van der Waals surface area contributed by atoms with Gasteiger partial charge in [-0.2, -0.15) is 0 Å². The molecule has 0 aromatic heterocycles. The third-order valence-corrected chi connectivity index (χ3v) is 1.95. The summed E-state index contributed by atoms with van der Waals surface area (Å²) < 4.78 is 5.34. The molecule has 0 aliphatic carbocycles. The molecule has 4 heteroatoms. The number of carboxylic acids is 1. The molecule has 0 radical (unpaired) electrons. The molecule has 1 N–H and O–H groups in total. The van der Waals surface area contributed by atoms with Crippen molar-refractivity contribution in [1.29, 1.82) is 0 Å². The monoisotopic (exact) mass is 226 g/mol. The molecule has 0 saturated heterocycles. The summed E-state index contributed by atoms with van der Waals surface area (Å²) >= 11 is 5.85. The summed E-state index contributed by atoms with van der Waals surface area (Å²) in [6.07, 6.45) is 3.17. The van der Waals surface area contributed by atoms with Crippen molar-refractivity contribution >= 4 is 17.6 Å². The highest BCUT2D eigenvalue weighted by atomic mass is 35.5. The molecule has 0 unspecified atom stereocenters. The fourth-order valence-electron chi connectivity index (χ4n) is 0.983. The van der Waals surface area contributed by atoms with E-state index in [9.17, 15) is 4.79 Å². The number of rotatable bonds is 5. The van der Waals surface area contributed by atoms with Crippen molar-refractivity contribution in [2.45, 2.75) is 6.42 Å². The summed E-state index contributed by atoms with van der Waals surface area (Å²) in [7, 11) is 0. The first kappa shape index (κ1) is 11.6. The lowest BCUT2D eigenvalue weighted by atomic mass is 10.3. The Morgan fingerprint density at radius 2 is 2.20 bits per heavy atom. The number of carbonyl (C=O) groups is 1. The third kappa shape index (κ3) is 4.51. The lowest BCUT2D eigenvalue weighted by molar-refractivity contribution is -0.131. The molecule has 1 aromatic carbocycles. The highest BCUT2D eigenvalue weighted by Gasteiger charge is 1.97. The van der Waals surface area contributed by atoms with Crippen molar-refractivity contribution in [2.24, 2.45) is 0 Å². The summed E-state index contributed by atoms with van der Waals surface area (Å²) in [5, 5.41) is 8.88. The van der Waals surface area contributed by atoms with E-state index in [0.717, 1.165) is 6.08 Å². The van der Waals surface area contributed by atoms with E-state index in [1.54, 1.807) is 18.2 Å². The van der Waals surface area contributed by atoms with E-state index in [2.05, 4.69) is 0 Å². The first-order valence-corrected chi connectivity index (χ1v) is 4.85. The standard InChI is InChI=1S/C11H11ClO3/c12-9-5-1-2-6-10(9)15-8-4-3-7-11(13)14/h1-3,5-7H,4,8H2,(H,13,14)/b7-3+. The molecule has 0 heterocycles. The van der Waals surface area contributed by atoms with E-state index in [1.165, 1.54) is 0 Å². The normalized spacial score (nSPS) is 10.5. The van der Waals surface area contributed by atoms with Crippen LogP contribution in [0.4, 0.5) is 0 Å². The smallest absolute Gasteiger partial charge is 0.327 e. The van der Waals surface area contributed by atoms with Gasteiger partial charge in [-0.05, 0) is 18.6 Å². The molecule has 0 amide bonds. The van der Waals surface area contributed by atoms with Gasteiger partial charge in [0.2, 0.25) is 0 Å². The maximum absolute atomic E-state index is 10.1. The van der Waals surface area contributed by atoms with Gasteiger partial charge in [0.25, 0.3) is 0 Å². The van der Waals surface area contributed by atoms with Gasteiger partial charge in [-0.3, -0.25) is 0 Å². The number of benzene rings is 1. The minimum Gasteiger partial charge on any atom is -0.492 e. The molecule has 0 atom stereocenters. The van der Waals surface area contributed by atoms with Crippen molar-refractivity contribution in [3.05, 3.63) is 41.4 Å². The van der Waals surface area contributed by atoms with E-state index >= 15 is 0 Å². The Bertz CT molecular complexity index is 361. The van der Waals surface area contributed by atoms with Gasteiger partial charge in [0.1, 0.15) is 5.75 Å². The molecule has 0 aliphatic rings. The first-order chi connectivity index (χ1) is 7.20. The molecule has 80 valence electrons. The zero-order chi connectivity index (χ0) is 11.1. The highest BCUT2D eigenvalue weighted by Crippen LogP contribution is 2.22. The molecule has 0 fully saturated rings. The second-order valence-corrected chi connectivity index (χ2v) is 3.22. The van der Waals surface area contributed by atoms with Crippen molar-refractivity contribution in [1.82, 2.24) is 0 Å². The molecule has 1 rings (SSSR count). The highest BCUT2D eigenvalue weighted by molar-refractivity contribution is 6.32. The maximum atomic E-state index is 10.1. The predicted octanol–water partition coefficient (Wildman–Crippen LogP) is 2.75. The van der Waals surface area contributed by atoms with Gasteiger partial charge in [0, 0.05) is 6.08 Å². The Balaban J connectivity index is 2.32. The number of halogens is 1. The van der Waals surface area contributed by atoms with E-state index in [1.807, 2.05) is 12.1 Å². The second kappa shape index (κ2) is 6.09. The van der Waals surface area contributed by atoms with Crippen LogP contribution in [0.3, 0.4) is 0 Å². The minimum absolute atomic E-state index is 0.410. The number of carboxylic acid groups (broad SMARTS) is 1. The molecule has 15 heavy (non-hydrogen) atoms. The molecule has 0 bridgehead atoms. The fraction of sp³-hybridized carbons (Fsp3) is 0.182. The Kier molecular flexibility index (Phi) is 4.71. The Labute approximate surface area is 92.9 Å². The van der Waals surface area contributed by atoms with Crippen molar-refractivity contribution in [3.63, 3.8) is 0 Å². The van der Waals surface area contributed by atoms with Crippen LogP contribution < -0.4 is 4.74 Å². The lowest BCUT2D eigenvalue weighted by Gasteiger charge is -2.05. The molecule has 0 saturated carbocycles. The van der Waals surface area contributed by atoms with Gasteiger partial charge < -0.3 is 9.84 Å². The summed E-state index contributed by atoms with van der Waals surface area (Å²) in [6.45, 7) is 0.410. The maximum Gasteiger partial charge on any atom is 0.327 e. The Morgan fingerprint density at radius 3 is 2.87 bits per heavy atom. The topological polar surface area (TPSA) is 46.5 Å². The van der Waals surface area contributed by atoms with Crippen LogP contribution >= 0.6 is 11.6 Å². The van der Waals surface area contributed by atoms with Gasteiger partial charge in [-0.1, -0.05) is 29.8 Å². The third-order valence-electron chi connectivity index (χ3n) is 1.64. The van der Waals surface area contributed by atoms with Crippen molar-refractivity contribution < 1.29 is 14.6 Å². The molecule has 0 aliphatic heterocycles. The van der Waals surface area contributed by atoms with Crippen LogP contribution in [-0.2, 0) is 4.79 Å². The average Bonchev–Trinajstić information content (AvgIpc) is 2.20. The molecule has 3 nitrogen and oxygen atoms in total. The molecular formula is C11H11ClO3.